The van der Waals surface area contributed by atoms with Crippen LogP contribution in [0.25, 0.3) is 0 Å². The number of hydrazone groups is 1. The second-order valence-corrected chi connectivity index (χ2v) is 4.28. The van der Waals surface area contributed by atoms with Gasteiger partial charge in [-0.25, -0.2) is 9.40 Å². The molecule has 0 radical (unpaired) electrons. The van der Waals surface area contributed by atoms with Gasteiger partial charge < -0.3 is 4.42 Å². The smallest absolute Gasteiger partial charge is 0.253 e. The molecule has 1 aromatic carbocycles. The van der Waals surface area contributed by atoms with Crippen molar-refractivity contribution >= 4 is 17.3 Å². The Morgan fingerprint density at radius 3 is 2.74 bits per heavy atom. The van der Waals surface area contributed by atoms with E-state index in [1.165, 1.54) is 29.3 Å². The van der Waals surface area contributed by atoms with Gasteiger partial charge in [0.15, 0.2) is 0 Å². The molecule has 1 aliphatic rings. The Balaban J connectivity index is 1.81. The highest BCUT2D eigenvalue weighted by Gasteiger charge is 2.25. The van der Waals surface area contributed by atoms with Crippen LogP contribution < -0.4 is 5.01 Å². The van der Waals surface area contributed by atoms with Gasteiger partial charge in [0.25, 0.3) is 5.91 Å². The molecular formula is C14H11FN2O2. The number of benzene rings is 1. The lowest BCUT2D eigenvalue weighted by atomic mass is 10.2. The van der Waals surface area contributed by atoms with Crippen molar-refractivity contribution in [1.29, 1.82) is 0 Å². The lowest BCUT2D eigenvalue weighted by Gasteiger charge is -2.10. The summed E-state index contributed by atoms with van der Waals surface area (Å²) in [7, 11) is 0. The Bertz CT molecular complexity index is 617. The van der Waals surface area contributed by atoms with E-state index in [1.54, 1.807) is 12.3 Å². The molecule has 1 aliphatic heterocycles. The third-order valence-corrected chi connectivity index (χ3v) is 2.86. The molecule has 0 spiro atoms. The second kappa shape index (κ2) is 4.68. The number of carbonyl (C=O) groups is 1. The van der Waals surface area contributed by atoms with Gasteiger partial charge >= 0.3 is 0 Å². The SMILES string of the molecule is O=C1CC(Cc2ccco2)=NN1c1ccc(F)cc1. The number of hydrogen-bond donors (Lipinski definition) is 0. The van der Waals surface area contributed by atoms with Gasteiger partial charge in [-0.1, -0.05) is 0 Å². The Morgan fingerprint density at radius 2 is 2.05 bits per heavy atom. The van der Waals surface area contributed by atoms with Crippen molar-refractivity contribution in [2.24, 2.45) is 5.10 Å². The Morgan fingerprint density at radius 1 is 1.26 bits per heavy atom. The number of nitrogens with zero attached hydrogens (tertiary/aromatic N) is 2. The minimum atomic E-state index is -0.338. The molecule has 3 rings (SSSR count). The minimum Gasteiger partial charge on any atom is -0.469 e. The quantitative estimate of drug-likeness (QED) is 0.849. The molecule has 0 N–H and O–H groups in total. The molecule has 5 heteroatoms. The van der Waals surface area contributed by atoms with Crippen molar-refractivity contribution in [3.63, 3.8) is 0 Å². The highest BCUT2D eigenvalue weighted by atomic mass is 19.1. The van der Waals surface area contributed by atoms with E-state index in [9.17, 15) is 9.18 Å². The maximum absolute atomic E-state index is 12.8. The Labute approximate surface area is 109 Å². The first-order valence-electron chi connectivity index (χ1n) is 5.89. The standard InChI is InChI=1S/C14H11FN2O2/c15-10-3-5-12(6-4-10)17-14(18)9-11(16-17)8-13-2-1-7-19-13/h1-7H,8-9H2. The molecule has 0 aliphatic carbocycles. The van der Waals surface area contributed by atoms with Gasteiger partial charge in [-0.2, -0.15) is 5.10 Å². The highest BCUT2D eigenvalue weighted by molar-refractivity contribution is 6.13. The monoisotopic (exact) mass is 258 g/mol. The van der Waals surface area contributed by atoms with Crippen LogP contribution in [-0.4, -0.2) is 11.6 Å². The maximum atomic E-state index is 12.8. The average molecular weight is 258 g/mol. The van der Waals surface area contributed by atoms with Crippen molar-refractivity contribution < 1.29 is 13.6 Å². The molecule has 4 nitrogen and oxygen atoms in total. The molecule has 0 saturated carbocycles. The second-order valence-electron chi connectivity index (χ2n) is 4.28. The van der Waals surface area contributed by atoms with Gasteiger partial charge in [0, 0.05) is 6.42 Å². The number of hydrogen-bond acceptors (Lipinski definition) is 3. The number of carbonyl (C=O) groups excluding carboxylic acids is 1. The summed E-state index contributed by atoms with van der Waals surface area (Å²) in [5.74, 6) is 0.316. The summed E-state index contributed by atoms with van der Waals surface area (Å²) in [6, 6.07) is 9.32. The fourth-order valence-corrected chi connectivity index (χ4v) is 1.98. The van der Waals surface area contributed by atoms with Crippen LogP contribution >= 0.6 is 0 Å². The lowest BCUT2D eigenvalue weighted by molar-refractivity contribution is -0.116. The van der Waals surface area contributed by atoms with Crippen LogP contribution in [0.5, 0.6) is 0 Å². The van der Waals surface area contributed by atoms with Gasteiger partial charge in [-0.05, 0) is 36.4 Å². The van der Waals surface area contributed by atoms with E-state index in [4.69, 9.17) is 4.42 Å². The van der Waals surface area contributed by atoms with Gasteiger partial charge in [0.05, 0.1) is 24.1 Å². The largest absolute Gasteiger partial charge is 0.469 e. The number of furan rings is 1. The molecule has 2 aromatic rings. The van der Waals surface area contributed by atoms with Crippen molar-refractivity contribution in [1.82, 2.24) is 0 Å². The predicted octanol–water partition coefficient (Wildman–Crippen LogP) is 2.75. The molecule has 0 bridgehead atoms. The average Bonchev–Trinajstić information content (AvgIpc) is 3.01. The van der Waals surface area contributed by atoms with Crippen LogP contribution in [0.4, 0.5) is 10.1 Å². The van der Waals surface area contributed by atoms with Crippen LogP contribution in [0.3, 0.4) is 0 Å². The fraction of sp³-hybridized carbons (Fsp3) is 0.143. The van der Waals surface area contributed by atoms with Crippen LogP contribution in [0.15, 0.2) is 52.2 Å². The molecule has 0 unspecified atom stereocenters. The van der Waals surface area contributed by atoms with Crippen LogP contribution in [-0.2, 0) is 11.2 Å². The molecule has 0 fully saturated rings. The number of amides is 1. The topological polar surface area (TPSA) is 45.8 Å². The maximum Gasteiger partial charge on any atom is 0.253 e. The normalized spacial score (nSPS) is 14.9. The summed E-state index contributed by atoms with van der Waals surface area (Å²) in [6.45, 7) is 0. The summed E-state index contributed by atoms with van der Waals surface area (Å²) in [5, 5.41) is 5.57. The highest BCUT2D eigenvalue weighted by Crippen LogP contribution is 2.22. The van der Waals surface area contributed by atoms with E-state index < -0.39 is 0 Å². The fourth-order valence-electron chi connectivity index (χ4n) is 1.98. The minimum absolute atomic E-state index is 0.117. The molecular weight excluding hydrogens is 247 g/mol. The molecule has 0 atom stereocenters. The first-order chi connectivity index (χ1) is 9.22. The number of rotatable bonds is 3. The summed E-state index contributed by atoms with van der Waals surface area (Å²) >= 11 is 0. The zero-order chi connectivity index (χ0) is 13.2. The van der Waals surface area contributed by atoms with E-state index in [2.05, 4.69) is 5.10 Å². The summed E-state index contributed by atoms with van der Waals surface area (Å²) in [6.07, 6.45) is 2.36. The Hall–Kier alpha value is -2.43. The zero-order valence-electron chi connectivity index (χ0n) is 10.0. The zero-order valence-corrected chi connectivity index (χ0v) is 10.0. The van der Waals surface area contributed by atoms with Crippen LogP contribution in [0.2, 0.25) is 0 Å². The lowest BCUT2D eigenvalue weighted by Crippen LogP contribution is -2.19. The van der Waals surface area contributed by atoms with Crippen LogP contribution in [0.1, 0.15) is 12.2 Å². The summed E-state index contributed by atoms with van der Waals surface area (Å²) in [4.78, 5) is 11.9. The molecule has 1 amide bonds. The van der Waals surface area contributed by atoms with Crippen molar-refractivity contribution in [2.75, 3.05) is 5.01 Å². The Kier molecular flexibility index (Phi) is 2.87. The van der Waals surface area contributed by atoms with E-state index in [-0.39, 0.29) is 18.1 Å². The first kappa shape index (κ1) is 11.6. The molecule has 1 aromatic heterocycles. The number of halogens is 1. The first-order valence-corrected chi connectivity index (χ1v) is 5.89. The van der Waals surface area contributed by atoms with E-state index in [0.29, 0.717) is 12.1 Å². The van der Waals surface area contributed by atoms with Crippen LogP contribution in [0, 0.1) is 5.82 Å². The van der Waals surface area contributed by atoms with E-state index in [0.717, 1.165) is 11.5 Å². The van der Waals surface area contributed by atoms with E-state index in [1.807, 2.05) is 6.07 Å². The molecule has 0 saturated heterocycles. The molecule has 2 heterocycles. The third-order valence-electron chi connectivity index (χ3n) is 2.86. The summed E-state index contributed by atoms with van der Waals surface area (Å²) in [5.41, 5.74) is 1.31. The van der Waals surface area contributed by atoms with Crippen molar-refractivity contribution in [3.05, 3.63) is 54.2 Å². The van der Waals surface area contributed by atoms with Crippen molar-refractivity contribution in [2.45, 2.75) is 12.8 Å². The van der Waals surface area contributed by atoms with Gasteiger partial charge in [0.2, 0.25) is 0 Å². The van der Waals surface area contributed by atoms with Gasteiger partial charge in [-0.15, -0.1) is 0 Å². The molecule has 19 heavy (non-hydrogen) atoms. The van der Waals surface area contributed by atoms with Gasteiger partial charge in [-0.3, -0.25) is 4.79 Å². The summed E-state index contributed by atoms with van der Waals surface area (Å²) < 4.78 is 18.1. The van der Waals surface area contributed by atoms with E-state index >= 15 is 0 Å². The number of anilines is 1. The van der Waals surface area contributed by atoms with Gasteiger partial charge in [0.1, 0.15) is 11.6 Å². The predicted molar refractivity (Wildman–Crippen MR) is 68.4 cm³/mol. The molecule has 96 valence electrons. The van der Waals surface area contributed by atoms with Crippen molar-refractivity contribution in [3.8, 4) is 0 Å². The third kappa shape index (κ3) is 2.40.